The molecular formula is C9H11N3O. The van der Waals surface area contributed by atoms with Crippen LogP contribution in [-0.2, 0) is 0 Å². The van der Waals surface area contributed by atoms with E-state index in [0.717, 1.165) is 5.69 Å². The van der Waals surface area contributed by atoms with Gasteiger partial charge >= 0.3 is 6.03 Å². The molecule has 1 rings (SSSR count). The summed E-state index contributed by atoms with van der Waals surface area (Å²) >= 11 is 0. The number of carbonyl (C=O) groups is 1. The highest BCUT2D eigenvalue weighted by atomic mass is 16.2. The van der Waals surface area contributed by atoms with Gasteiger partial charge in [0.25, 0.3) is 0 Å². The maximum atomic E-state index is 11.0. The van der Waals surface area contributed by atoms with Gasteiger partial charge < -0.3 is 5.32 Å². The molecule has 2 N–H and O–H groups in total. The van der Waals surface area contributed by atoms with E-state index in [1.165, 1.54) is 6.21 Å². The van der Waals surface area contributed by atoms with Crippen LogP contribution >= 0.6 is 0 Å². The average Bonchev–Trinajstić information content (AvgIpc) is 2.16. The van der Waals surface area contributed by atoms with Crippen LogP contribution < -0.4 is 10.7 Å². The van der Waals surface area contributed by atoms with Gasteiger partial charge in [-0.15, -0.1) is 0 Å². The van der Waals surface area contributed by atoms with E-state index in [9.17, 15) is 4.79 Å². The van der Waals surface area contributed by atoms with Gasteiger partial charge in [-0.25, -0.2) is 10.2 Å². The van der Waals surface area contributed by atoms with Crippen molar-refractivity contribution in [2.75, 3.05) is 5.32 Å². The summed E-state index contributed by atoms with van der Waals surface area (Å²) < 4.78 is 0. The SMILES string of the molecule is C/C=N/NC(=O)Nc1ccccc1. The number of carbonyl (C=O) groups excluding carboxylic acids is 1. The lowest BCUT2D eigenvalue weighted by molar-refractivity contribution is 0.252. The Bertz CT molecular complexity index is 295. The number of urea groups is 1. The maximum absolute atomic E-state index is 11.0. The Hall–Kier alpha value is -1.84. The van der Waals surface area contributed by atoms with Crippen molar-refractivity contribution >= 4 is 17.9 Å². The molecule has 1 aromatic rings. The van der Waals surface area contributed by atoms with Crippen LogP contribution in [0.25, 0.3) is 0 Å². The molecule has 0 aliphatic heterocycles. The van der Waals surface area contributed by atoms with Crippen LogP contribution in [0.4, 0.5) is 10.5 Å². The number of hydrogen-bond donors (Lipinski definition) is 2. The quantitative estimate of drug-likeness (QED) is 0.525. The number of hydrogen-bond acceptors (Lipinski definition) is 2. The van der Waals surface area contributed by atoms with E-state index >= 15 is 0 Å². The van der Waals surface area contributed by atoms with Crippen molar-refractivity contribution in [2.45, 2.75) is 6.92 Å². The molecule has 0 unspecified atom stereocenters. The molecule has 0 aromatic heterocycles. The molecule has 0 fully saturated rings. The third kappa shape index (κ3) is 3.37. The average molecular weight is 177 g/mol. The lowest BCUT2D eigenvalue weighted by Gasteiger charge is -2.02. The van der Waals surface area contributed by atoms with Crippen molar-refractivity contribution in [1.29, 1.82) is 0 Å². The molecule has 0 aliphatic carbocycles. The summed E-state index contributed by atoms with van der Waals surface area (Å²) in [5, 5.41) is 6.19. The Balaban J connectivity index is 2.46. The summed E-state index contributed by atoms with van der Waals surface area (Å²) in [5.41, 5.74) is 3.04. The van der Waals surface area contributed by atoms with Crippen LogP contribution in [0.3, 0.4) is 0 Å². The topological polar surface area (TPSA) is 53.5 Å². The number of hydrazone groups is 1. The fraction of sp³-hybridized carbons (Fsp3) is 0.111. The van der Waals surface area contributed by atoms with Crippen LogP contribution in [-0.4, -0.2) is 12.2 Å². The van der Waals surface area contributed by atoms with Crippen LogP contribution in [0.5, 0.6) is 0 Å². The Kier molecular flexibility index (Phi) is 3.50. The van der Waals surface area contributed by atoms with Gasteiger partial charge in [-0.05, 0) is 19.1 Å². The van der Waals surface area contributed by atoms with Crippen molar-refractivity contribution in [3.63, 3.8) is 0 Å². The molecule has 0 saturated heterocycles. The lowest BCUT2D eigenvalue weighted by atomic mass is 10.3. The fourth-order valence-electron chi connectivity index (χ4n) is 0.804. The minimum Gasteiger partial charge on any atom is -0.307 e. The number of nitrogens with zero attached hydrogens (tertiary/aromatic N) is 1. The molecule has 0 spiro atoms. The smallest absolute Gasteiger partial charge is 0.307 e. The Morgan fingerprint density at radius 3 is 2.69 bits per heavy atom. The molecule has 0 atom stereocenters. The van der Waals surface area contributed by atoms with Crippen LogP contribution in [0, 0.1) is 0 Å². The molecule has 4 heteroatoms. The molecule has 0 saturated carbocycles. The second kappa shape index (κ2) is 4.92. The van der Waals surface area contributed by atoms with Gasteiger partial charge in [0.15, 0.2) is 0 Å². The van der Waals surface area contributed by atoms with E-state index in [1.807, 2.05) is 18.2 Å². The lowest BCUT2D eigenvalue weighted by Crippen LogP contribution is -2.23. The zero-order valence-corrected chi connectivity index (χ0v) is 7.32. The number of benzene rings is 1. The van der Waals surface area contributed by atoms with Gasteiger partial charge in [-0.1, -0.05) is 18.2 Å². The van der Waals surface area contributed by atoms with Crippen molar-refractivity contribution in [3.05, 3.63) is 30.3 Å². The third-order valence-electron chi connectivity index (χ3n) is 1.33. The van der Waals surface area contributed by atoms with Gasteiger partial charge in [0, 0.05) is 11.9 Å². The normalized spacial score (nSPS) is 9.92. The van der Waals surface area contributed by atoms with Crippen LogP contribution in [0.15, 0.2) is 35.4 Å². The van der Waals surface area contributed by atoms with Crippen LogP contribution in [0.1, 0.15) is 6.92 Å². The first kappa shape index (κ1) is 9.25. The van der Waals surface area contributed by atoms with Crippen molar-refractivity contribution in [3.8, 4) is 0 Å². The Morgan fingerprint density at radius 2 is 2.08 bits per heavy atom. The van der Waals surface area contributed by atoms with E-state index < -0.39 is 0 Å². The number of rotatable bonds is 2. The fourth-order valence-corrected chi connectivity index (χ4v) is 0.804. The Morgan fingerprint density at radius 1 is 1.38 bits per heavy atom. The molecule has 13 heavy (non-hydrogen) atoms. The number of anilines is 1. The van der Waals surface area contributed by atoms with Gasteiger partial charge in [0.1, 0.15) is 0 Å². The summed E-state index contributed by atoms with van der Waals surface area (Å²) in [7, 11) is 0. The van der Waals surface area contributed by atoms with Crippen molar-refractivity contribution in [1.82, 2.24) is 5.43 Å². The molecular weight excluding hydrogens is 166 g/mol. The first-order chi connectivity index (χ1) is 6.33. The second-order valence-corrected chi connectivity index (χ2v) is 2.32. The van der Waals surface area contributed by atoms with Gasteiger partial charge in [0.2, 0.25) is 0 Å². The molecule has 1 aromatic carbocycles. The molecule has 2 amide bonds. The highest BCUT2D eigenvalue weighted by molar-refractivity contribution is 5.89. The van der Waals surface area contributed by atoms with E-state index in [0.29, 0.717) is 0 Å². The second-order valence-electron chi connectivity index (χ2n) is 2.32. The summed E-state index contributed by atoms with van der Waals surface area (Å²) in [4.78, 5) is 11.0. The largest absolute Gasteiger partial charge is 0.339 e. The Labute approximate surface area is 76.7 Å². The zero-order valence-electron chi connectivity index (χ0n) is 7.32. The van der Waals surface area contributed by atoms with E-state index in [-0.39, 0.29) is 6.03 Å². The van der Waals surface area contributed by atoms with Crippen molar-refractivity contribution in [2.24, 2.45) is 5.10 Å². The molecule has 0 bridgehead atoms. The minimum absolute atomic E-state index is 0.343. The third-order valence-corrected chi connectivity index (χ3v) is 1.33. The monoisotopic (exact) mass is 177 g/mol. The predicted octanol–water partition coefficient (Wildman–Crippen LogP) is 1.81. The maximum Gasteiger partial charge on any atom is 0.339 e. The zero-order chi connectivity index (χ0) is 9.52. The van der Waals surface area contributed by atoms with E-state index in [4.69, 9.17) is 0 Å². The number of para-hydroxylation sites is 1. The molecule has 4 nitrogen and oxygen atoms in total. The first-order valence-electron chi connectivity index (χ1n) is 3.92. The number of amides is 2. The van der Waals surface area contributed by atoms with E-state index in [2.05, 4.69) is 15.8 Å². The van der Waals surface area contributed by atoms with Gasteiger partial charge in [-0.3, -0.25) is 0 Å². The molecule has 0 aliphatic rings. The minimum atomic E-state index is -0.343. The first-order valence-corrected chi connectivity index (χ1v) is 3.92. The predicted molar refractivity (Wildman–Crippen MR) is 52.8 cm³/mol. The standard InChI is InChI=1S/C9H11N3O/c1-2-10-12-9(13)11-8-6-4-3-5-7-8/h2-7H,1H3,(H2,11,12,13)/b10-2+. The summed E-state index contributed by atoms with van der Waals surface area (Å²) in [6.45, 7) is 1.72. The molecule has 0 heterocycles. The summed E-state index contributed by atoms with van der Waals surface area (Å²) in [6.07, 6.45) is 1.50. The summed E-state index contributed by atoms with van der Waals surface area (Å²) in [5.74, 6) is 0. The van der Waals surface area contributed by atoms with Gasteiger partial charge in [0.05, 0.1) is 0 Å². The highest BCUT2D eigenvalue weighted by Gasteiger charge is 1.96. The van der Waals surface area contributed by atoms with Crippen LogP contribution in [0.2, 0.25) is 0 Å². The molecule has 68 valence electrons. The molecule has 0 radical (unpaired) electrons. The highest BCUT2D eigenvalue weighted by Crippen LogP contribution is 2.03. The van der Waals surface area contributed by atoms with Crippen molar-refractivity contribution < 1.29 is 4.79 Å². The summed E-state index contributed by atoms with van der Waals surface area (Å²) in [6, 6.07) is 8.83. The van der Waals surface area contributed by atoms with Gasteiger partial charge in [-0.2, -0.15) is 5.10 Å². The number of nitrogens with one attached hydrogen (secondary N) is 2. The van der Waals surface area contributed by atoms with E-state index in [1.54, 1.807) is 19.1 Å².